The van der Waals surface area contributed by atoms with Crippen LogP contribution in [0.5, 0.6) is 5.75 Å². The lowest BCUT2D eigenvalue weighted by molar-refractivity contribution is 0.0283. The van der Waals surface area contributed by atoms with Crippen molar-refractivity contribution >= 4 is 0 Å². The van der Waals surface area contributed by atoms with Gasteiger partial charge in [-0.3, -0.25) is 4.90 Å². The zero-order valence-electron chi connectivity index (χ0n) is 12.8. The predicted molar refractivity (Wildman–Crippen MR) is 81.3 cm³/mol. The molecule has 1 heterocycles. The van der Waals surface area contributed by atoms with Gasteiger partial charge in [-0.25, -0.2) is 0 Å². The Morgan fingerprint density at radius 3 is 2.95 bits per heavy atom. The van der Waals surface area contributed by atoms with Crippen molar-refractivity contribution in [3.05, 3.63) is 29.8 Å². The highest BCUT2D eigenvalue weighted by Crippen LogP contribution is 2.21. The van der Waals surface area contributed by atoms with E-state index in [0.717, 1.165) is 25.4 Å². The number of likely N-dealkylation sites (N-methyl/N-ethyl adjacent to an activating group) is 1. The molecule has 1 aliphatic rings. The molecule has 0 spiro atoms. The molecule has 1 N–H and O–H groups in total. The number of hydrogen-bond donors (Lipinski definition) is 1. The lowest BCUT2D eigenvalue weighted by Gasteiger charge is -2.34. The molecule has 1 fully saturated rings. The minimum atomic E-state index is 0.320. The van der Waals surface area contributed by atoms with Crippen LogP contribution in [0, 0.1) is 0 Å². The van der Waals surface area contributed by atoms with Crippen molar-refractivity contribution in [1.29, 1.82) is 0 Å². The molecule has 4 heteroatoms. The summed E-state index contributed by atoms with van der Waals surface area (Å²) in [6, 6.07) is 8.62. The summed E-state index contributed by atoms with van der Waals surface area (Å²) in [5.74, 6) is 0.913. The number of piperidine rings is 1. The third-order valence-corrected chi connectivity index (χ3v) is 4.08. The Morgan fingerprint density at radius 1 is 1.40 bits per heavy atom. The summed E-state index contributed by atoms with van der Waals surface area (Å²) in [5, 5.41) is 3.41. The van der Waals surface area contributed by atoms with Crippen LogP contribution in [0.25, 0.3) is 0 Å². The van der Waals surface area contributed by atoms with Gasteiger partial charge in [0.05, 0.1) is 13.2 Å². The number of rotatable bonds is 6. The summed E-state index contributed by atoms with van der Waals surface area (Å²) in [7, 11) is 5.54. The highest BCUT2D eigenvalue weighted by atomic mass is 16.5. The molecular formula is C16H26N2O2. The highest BCUT2D eigenvalue weighted by molar-refractivity contribution is 5.30. The third kappa shape index (κ3) is 3.95. The lowest BCUT2D eigenvalue weighted by Crippen LogP contribution is -2.43. The predicted octanol–water partition coefficient (Wildman–Crippen LogP) is 2.07. The number of nitrogens with one attached hydrogen (secondary N) is 1. The van der Waals surface area contributed by atoms with Crippen molar-refractivity contribution in [3.63, 3.8) is 0 Å². The van der Waals surface area contributed by atoms with Gasteiger partial charge in [0, 0.05) is 26.2 Å². The van der Waals surface area contributed by atoms with E-state index in [4.69, 9.17) is 9.47 Å². The summed E-state index contributed by atoms with van der Waals surface area (Å²) in [6.45, 7) is 3.18. The zero-order chi connectivity index (χ0) is 14.4. The summed E-state index contributed by atoms with van der Waals surface area (Å²) in [5.41, 5.74) is 1.27. The van der Waals surface area contributed by atoms with Crippen molar-refractivity contribution < 1.29 is 9.47 Å². The average molecular weight is 278 g/mol. The van der Waals surface area contributed by atoms with Gasteiger partial charge in [0.25, 0.3) is 0 Å². The SMILES string of the molecule is CNC(CN1CCCC(OC)C1)c1cccc(OC)c1. The second-order valence-electron chi connectivity index (χ2n) is 5.38. The molecule has 20 heavy (non-hydrogen) atoms. The van der Waals surface area contributed by atoms with Crippen molar-refractivity contribution in [2.45, 2.75) is 25.0 Å². The lowest BCUT2D eigenvalue weighted by atomic mass is 10.0. The number of likely N-dealkylation sites (tertiary alicyclic amines) is 1. The van der Waals surface area contributed by atoms with Gasteiger partial charge in [0.15, 0.2) is 0 Å². The van der Waals surface area contributed by atoms with Gasteiger partial charge < -0.3 is 14.8 Å². The maximum absolute atomic E-state index is 5.50. The first-order valence-electron chi connectivity index (χ1n) is 7.33. The molecular weight excluding hydrogens is 252 g/mol. The average Bonchev–Trinajstić information content (AvgIpc) is 2.52. The monoisotopic (exact) mass is 278 g/mol. The summed E-state index contributed by atoms with van der Waals surface area (Å²) in [4.78, 5) is 2.48. The Kier molecular flexibility index (Phi) is 5.83. The van der Waals surface area contributed by atoms with Crippen LogP contribution in [0.1, 0.15) is 24.4 Å². The molecule has 0 bridgehead atoms. The van der Waals surface area contributed by atoms with E-state index < -0.39 is 0 Å². The number of hydrogen-bond acceptors (Lipinski definition) is 4. The maximum atomic E-state index is 5.50. The minimum Gasteiger partial charge on any atom is -0.497 e. The molecule has 0 saturated carbocycles. The van der Waals surface area contributed by atoms with E-state index in [-0.39, 0.29) is 0 Å². The fourth-order valence-corrected chi connectivity index (χ4v) is 2.85. The van der Waals surface area contributed by atoms with Crippen LogP contribution in [-0.2, 0) is 4.74 Å². The number of methoxy groups -OCH3 is 2. The molecule has 0 amide bonds. The van der Waals surface area contributed by atoms with Crippen LogP contribution in [0.2, 0.25) is 0 Å². The zero-order valence-corrected chi connectivity index (χ0v) is 12.8. The van der Waals surface area contributed by atoms with Gasteiger partial charge in [0.1, 0.15) is 5.75 Å². The van der Waals surface area contributed by atoms with Crippen molar-refractivity contribution in [3.8, 4) is 5.75 Å². The number of benzene rings is 1. The Balaban J connectivity index is 2.00. The van der Waals surface area contributed by atoms with E-state index in [0.29, 0.717) is 12.1 Å². The Hall–Kier alpha value is -1.10. The van der Waals surface area contributed by atoms with E-state index in [1.165, 1.54) is 18.4 Å². The van der Waals surface area contributed by atoms with E-state index in [9.17, 15) is 0 Å². The van der Waals surface area contributed by atoms with Gasteiger partial charge in [-0.1, -0.05) is 12.1 Å². The van der Waals surface area contributed by atoms with Gasteiger partial charge >= 0.3 is 0 Å². The van der Waals surface area contributed by atoms with Crippen LogP contribution >= 0.6 is 0 Å². The first kappa shape index (κ1) is 15.3. The maximum Gasteiger partial charge on any atom is 0.119 e. The van der Waals surface area contributed by atoms with Crippen molar-refractivity contribution in [2.24, 2.45) is 0 Å². The van der Waals surface area contributed by atoms with Gasteiger partial charge in [-0.2, -0.15) is 0 Å². The molecule has 0 aromatic heterocycles. The first-order chi connectivity index (χ1) is 9.76. The Labute approximate surface area is 122 Å². The molecule has 1 saturated heterocycles. The standard InChI is InChI=1S/C16H26N2O2/c1-17-16(13-6-4-7-14(10-13)19-2)12-18-9-5-8-15(11-18)20-3/h4,6-7,10,15-17H,5,8-9,11-12H2,1-3H3. The quantitative estimate of drug-likeness (QED) is 0.863. The van der Waals surface area contributed by atoms with E-state index >= 15 is 0 Å². The number of nitrogens with zero attached hydrogens (tertiary/aromatic N) is 1. The van der Waals surface area contributed by atoms with Crippen molar-refractivity contribution in [1.82, 2.24) is 10.2 Å². The molecule has 1 aromatic carbocycles. The minimum absolute atomic E-state index is 0.320. The summed E-state index contributed by atoms with van der Waals surface area (Å²) < 4.78 is 10.8. The molecule has 2 unspecified atom stereocenters. The largest absolute Gasteiger partial charge is 0.497 e. The molecule has 0 radical (unpaired) electrons. The number of ether oxygens (including phenoxy) is 2. The Bertz CT molecular complexity index is 411. The third-order valence-electron chi connectivity index (χ3n) is 4.08. The molecule has 0 aliphatic carbocycles. The first-order valence-corrected chi connectivity index (χ1v) is 7.33. The van der Waals surface area contributed by atoms with Gasteiger partial charge in [0.2, 0.25) is 0 Å². The molecule has 112 valence electrons. The molecule has 1 aliphatic heterocycles. The fraction of sp³-hybridized carbons (Fsp3) is 0.625. The van der Waals surface area contributed by atoms with E-state index in [1.54, 1.807) is 7.11 Å². The van der Waals surface area contributed by atoms with E-state index in [1.807, 2.05) is 26.3 Å². The summed E-state index contributed by atoms with van der Waals surface area (Å²) >= 11 is 0. The molecule has 2 rings (SSSR count). The second-order valence-corrected chi connectivity index (χ2v) is 5.38. The normalized spacial score (nSPS) is 21.6. The van der Waals surface area contributed by atoms with Gasteiger partial charge in [-0.15, -0.1) is 0 Å². The van der Waals surface area contributed by atoms with Crippen LogP contribution < -0.4 is 10.1 Å². The summed E-state index contributed by atoms with van der Waals surface area (Å²) in [6.07, 6.45) is 2.77. The highest BCUT2D eigenvalue weighted by Gasteiger charge is 2.22. The van der Waals surface area contributed by atoms with Crippen molar-refractivity contribution in [2.75, 3.05) is 40.9 Å². The molecule has 2 atom stereocenters. The van der Waals surface area contributed by atoms with Crippen LogP contribution in [0.4, 0.5) is 0 Å². The Morgan fingerprint density at radius 2 is 2.25 bits per heavy atom. The smallest absolute Gasteiger partial charge is 0.119 e. The topological polar surface area (TPSA) is 33.7 Å². The van der Waals surface area contributed by atoms with Gasteiger partial charge in [-0.05, 0) is 44.1 Å². The van der Waals surface area contributed by atoms with E-state index in [2.05, 4.69) is 22.3 Å². The molecule has 1 aromatic rings. The van der Waals surface area contributed by atoms with Crippen LogP contribution in [0.15, 0.2) is 24.3 Å². The van der Waals surface area contributed by atoms with Crippen LogP contribution in [-0.4, -0.2) is 51.9 Å². The fourth-order valence-electron chi connectivity index (χ4n) is 2.85. The van der Waals surface area contributed by atoms with Crippen LogP contribution in [0.3, 0.4) is 0 Å². The molecule has 4 nitrogen and oxygen atoms in total. The second kappa shape index (κ2) is 7.62.